The van der Waals surface area contributed by atoms with Gasteiger partial charge < -0.3 is 15.4 Å². The molecular weight excluding hydrogens is 240 g/mol. The highest BCUT2D eigenvalue weighted by molar-refractivity contribution is 5.91. The topological polar surface area (TPSA) is 50.4 Å². The van der Waals surface area contributed by atoms with E-state index in [1.54, 1.807) is 0 Å². The van der Waals surface area contributed by atoms with Gasteiger partial charge in [-0.15, -0.1) is 0 Å². The normalized spacial score (nSPS) is 16.3. The van der Waals surface area contributed by atoms with E-state index in [-0.39, 0.29) is 5.91 Å². The van der Waals surface area contributed by atoms with Crippen LogP contribution in [0.25, 0.3) is 0 Å². The lowest BCUT2D eigenvalue weighted by atomic mass is 10.1. The first-order valence-corrected chi connectivity index (χ1v) is 6.93. The largest absolute Gasteiger partial charge is 0.378 e. The molecule has 1 aliphatic heterocycles. The Hall–Kier alpha value is -1.39. The molecule has 1 amide bonds. The molecule has 0 saturated carbocycles. The fourth-order valence-electron chi connectivity index (χ4n) is 2.21. The lowest BCUT2D eigenvalue weighted by molar-refractivity contribution is -0.117. The molecule has 1 aromatic rings. The summed E-state index contributed by atoms with van der Waals surface area (Å²) in [5.74, 6) is 0.0169. The average molecular weight is 262 g/mol. The molecule has 1 aliphatic rings. The molecule has 0 aliphatic carbocycles. The third-order valence-corrected chi connectivity index (χ3v) is 3.39. The predicted molar refractivity (Wildman–Crippen MR) is 76.3 cm³/mol. The molecule has 1 saturated heterocycles. The van der Waals surface area contributed by atoms with E-state index in [1.165, 1.54) is 0 Å². The van der Waals surface area contributed by atoms with Gasteiger partial charge in [0, 0.05) is 5.69 Å². The van der Waals surface area contributed by atoms with Gasteiger partial charge in [-0.2, -0.15) is 0 Å². The number of carbonyl (C=O) groups is 1. The van der Waals surface area contributed by atoms with Crippen LogP contribution in [-0.2, 0) is 9.53 Å². The number of amides is 1. The molecule has 2 rings (SSSR count). The number of nitrogens with one attached hydrogen (secondary N) is 2. The molecule has 0 atom stereocenters. The minimum absolute atomic E-state index is 0.0169. The Bertz CT molecular complexity index is 414. The van der Waals surface area contributed by atoms with E-state index < -0.39 is 0 Å². The third-order valence-electron chi connectivity index (χ3n) is 3.39. The second-order valence-electron chi connectivity index (χ2n) is 4.93. The van der Waals surface area contributed by atoms with E-state index in [9.17, 15) is 4.79 Å². The van der Waals surface area contributed by atoms with Gasteiger partial charge in [-0.1, -0.05) is 18.2 Å². The van der Waals surface area contributed by atoms with Crippen LogP contribution in [0.4, 0.5) is 5.69 Å². The van der Waals surface area contributed by atoms with Crippen LogP contribution in [0.3, 0.4) is 0 Å². The molecule has 1 aromatic carbocycles. The molecular formula is C15H22N2O2. The number of piperidine rings is 1. The molecule has 0 radical (unpaired) electrons. The highest BCUT2D eigenvalue weighted by atomic mass is 16.5. The van der Waals surface area contributed by atoms with Gasteiger partial charge in [-0.05, 0) is 44.5 Å². The molecule has 19 heavy (non-hydrogen) atoms. The summed E-state index contributed by atoms with van der Waals surface area (Å²) in [4.78, 5) is 11.8. The second-order valence-corrected chi connectivity index (χ2v) is 4.93. The van der Waals surface area contributed by atoms with E-state index in [4.69, 9.17) is 4.74 Å². The lowest BCUT2D eigenvalue weighted by Crippen LogP contribution is -2.33. The van der Waals surface area contributed by atoms with Gasteiger partial charge >= 0.3 is 0 Å². The van der Waals surface area contributed by atoms with Gasteiger partial charge in [-0.3, -0.25) is 4.79 Å². The maximum atomic E-state index is 11.8. The number of anilines is 1. The highest BCUT2D eigenvalue weighted by Crippen LogP contribution is 2.13. The van der Waals surface area contributed by atoms with Crippen molar-refractivity contribution in [2.45, 2.75) is 32.3 Å². The number of carbonyl (C=O) groups excluding carboxylic acids is 1. The van der Waals surface area contributed by atoms with Crippen molar-refractivity contribution in [3.8, 4) is 0 Å². The van der Waals surface area contributed by atoms with E-state index >= 15 is 0 Å². The molecule has 0 aromatic heterocycles. The maximum Gasteiger partial charge on any atom is 0.226 e. The van der Waals surface area contributed by atoms with Crippen LogP contribution in [0.2, 0.25) is 0 Å². The Morgan fingerprint density at radius 1 is 1.37 bits per heavy atom. The molecule has 1 fully saturated rings. The molecule has 4 nitrogen and oxygen atoms in total. The number of para-hydroxylation sites is 1. The predicted octanol–water partition coefficient (Wildman–Crippen LogP) is 2.09. The number of hydrogen-bond donors (Lipinski definition) is 2. The average Bonchev–Trinajstić information content (AvgIpc) is 2.43. The molecule has 2 N–H and O–H groups in total. The Morgan fingerprint density at radius 2 is 2.11 bits per heavy atom. The van der Waals surface area contributed by atoms with E-state index in [0.717, 1.165) is 37.2 Å². The Balaban J connectivity index is 1.68. The zero-order valence-corrected chi connectivity index (χ0v) is 11.4. The van der Waals surface area contributed by atoms with Crippen LogP contribution in [0, 0.1) is 6.92 Å². The minimum Gasteiger partial charge on any atom is -0.378 e. The van der Waals surface area contributed by atoms with Crippen LogP contribution in [0.5, 0.6) is 0 Å². The minimum atomic E-state index is 0.0169. The Kier molecular flexibility index (Phi) is 5.36. The van der Waals surface area contributed by atoms with Crippen molar-refractivity contribution in [3.05, 3.63) is 29.8 Å². The summed E-state index contributed by atoms with van der Waals surface area (Å²) in [6.45, 7) is 4.52. The zero-order chi connectivity index (χ0) is 13.5. The van der Waals surface area contributed by atoms with E-state index in [0.29, 0.717) is 19.1 Å². The SMILES string of the molecule is Cc1ccccc1NC(=O)CCOC1CCNCC1. The Labute approximate surface area is 114 Å². The number of rotatable bonds is 5. The summed E-state index contributed by atoms with van der Waals surface area (Å²) in [5, 5.41) is 6.21. The third kappa shape index (κ3) is 4.65. The van der Waals surface area contributed by atoms with Crippen molar-refractivity contribution >= 4 is 11.6 Å². The number of aryl methyl sites for hydroxylation is 1. The second kappa shape index (κ2) is 7.26. The van der Waals surface area contributed by atoms with Crippen LogP contribution in [0.1, 0.15) is 24.8 Å². The Morgan fingerprint density at radius 3 is 2.84 bits per heavy atom. The van der Waals surface area contributed by atoms with E-state index in [1.807, 2.05) is 31.2 Å². The van der Waals surface area contributed by atoms with Crippen molar-refractivity contribution in [1.82, 2.24) is 5.32 Å². The standard InChI is InChI=1S/C15H22N2O2/c1-12-4-2-3-5-14(12)17-15(18)8-11-19-13-6-9-16-10-7-13/h2-5,13,16H,6-11H2,1H3,(H,17,18). The van der Waals surface area contributed by atoms with Crippen molar-refractivity contribution in [2.75, 3.05) is 25.0 Å². The van der Waals surface area contributed by atoms with Crippen LogP contribution in [0.15, 0.2) is 24.3 Å². The number of ether oxygens (including phenoxy) is 1. The molecule has 0 unspecified atom stereocenters. The molecule has 0 bridgehead atoms. The van der Waals surface area contributed by atoms with Crippen LogP contribution in [-0.4, -0.2) is 31.7 Å². The summed E-state index contributed by atoms with van der Waals surface area (Å²) < 4.78 is 5.72. The first kappa shape index (κ1) is 14.0. The van der Waals surface area contributed by atoms with Crippen LogP contribution >= 0.6 is 0 Å². The van der Waals surface area contributed by atoms with Gasteiger partial charge in [0.15, 0.2) is 0 Å². The maximum absolute atomic E-state index is 11.8. The van der Waals surface area contributed by atoms with Gasteiger partial charge in [0.25, 0.3) is 0 Å². The summed E-state index contributed by atoms with van der Waals surface area (Å²) in [6.07, 6.45) is 2.81. The number of hydrogen-bond acceptors (Lipinski definition) is 3. The van der Waals surface area contributed by atoms with Gasteiger partial charge in [0.05, 0.1) is 19.1 Å². The highest BCUT2D eigenvalue weighted by Gasteiger charge is 2.13. The molecule has 0 spiro atoms. The molecule has 104 valence electrons. The smallest absolute Gasteiger partial charge is 0.226 e. The molecule has 1 heterocycles. The summed E-state index contributed by atoms with van der Waals surface area (Å²) >= 11 is 0. The van der Waals surface area contributed by atoms with Crippen molar-refractivity contribution in [2.24, 2.45) is 0 Å². The zero-order valence-electron chi connectivity index (χ0n) is 11.4. The van der Waals surface area contributed by atoms with Crippen molar-refractivity contribution < 1.29 is 9.53 Å². The monoisotopic (exact) mass is 262 g/mol. The molecule has 4 heteroatoms. The van der Waals surface area contributed by atoms with Crippen molar-refractivity contribution in [3.63, 3.8) is 0 Å². The van der Waals surface area contributed by atoms with Gasteiger partial charge in [0.2, 0.25) is 5.91 Å². The number of benzene rings is 1. The van der Waals surface area contributed by atoms with Gasteiger partial charge in [0.1, 0.15) is 0 Å². The summed E-state index contributed by atoms with van der Waals surface area (Å²) in [5.41, 5.74) is 1.96. The fraction of sp³-hybridized carbons (Fsp3) is 0.533. The van der Waals surface area contributed by atoms with E-state index in [2.05, 4.69) is 10.6 Å². The van der Waals surface area contributed by atoms with Crippen molar-refractivity contribution in [1.29, 1.82) is 0 Å². The van der Waals surface area contributed by atoms with Crippen LogP contribution < -0.4 is 10.6 Å². The quantitative estimate of drug-likeness (QED) is 0.854. The van der Waals surface area contributed by atoms with Gasteiger partial charge in [-0.25, -0.2) is 0 Å². The first-order chi connectivity index (χ1) is 9.25. The summed E-state index contributed by atoms with van der Waals surface area (Å²) in [7, 11) is 0. The lowest BCUT2D eigenvalue weighted by Gasteiger charge is -2.22. The fourth-order valence-corrected chi connectivity index (χ4v) is 2.21. The first-order valence-electron chi connectivity index (χ1n) is 6.93. The summed E-state index contributed by atoms with van der Waals surface area (Å²) in [6, 6.07) is 7.79.